The molecule has 0 unspecified atom stereocenters. The summed E-state index contributed by atoms with van der Waals surface area (Å²) in [6.07, 6.45) is 0.717. The molecular weight excluding hydrogens is 244 g/mol. The maximum atomic E-state index is 11.4. The number of imidazole rings is 1. The van der Waals surface area contributed by atoms with Crippen molar-refractivity contribution in [2.75, 3.05) is 6.54 Å². The molecule has 0 fully saturated rings. The number of hydrogen-bond donors (Lipinski definition) is 4. The smallest absolute Gasteiger partial charge is 0.323 e. The molecule has 6 nitrogen and oxygen atoms in total. The number of amides is 2. The van der Waals surface area contributed by atoms with Crippen LogP contribution >= 0.6 is 0 Å². The van der Waals surface area contributed by atoms with Gasteiger partial charge < -0.3 is 20.6 Å². The highest BCUT2D eigenvalue weighted by Crippen LogP contribution is 2.10. The lowest BCUT2D eigenvalue weighted by atomic mass is 10.1. The van der Waals surface area contributed by atoms with Crippen LogP contribution in [0, 0.1) is 0 Å². The molecule has 1 aromatic carbocycles. The van der Waals surface area contributed by atoms with Crippen molar-refractivity contribution in [3.8, 4) is 0 Å². The number of carbonyl (C=O) groups excluding carboxylic acids is 1. The van der Waals surface area contributed by atoms with Gasteiger partial charge in [0, 0.05) is 12.6 Å². The molecule has 0 saturated carbocycles. The summed E-state index contributed by atoms with van der Waals surface area (Å²) >= 11 is 0. The van der Waals surface area contributed by atoms with E-state index in [9.17, 15) is 9.59 Å². The molecule has 4 N–H and O–H groups in total. The van der Waals surface area contributed by atoms with E-state index in [1.807, 2.05) is 32.0 Å². The minimum atomic E-state index is -0.207. The van der Waals surface area contributed by atoms with Crippen molar-refractivity contribution in [3.63, 3.8) is 0 Å². The zero-order valence-corrected chi connectivity index (χ0v) is 11.0. The van der Waals surface area contributed by atoms with Crippen LogP contribution in [-0.2, 0) is 6.42 Å². The van der Waals surface area contributed by atoms with Gasteiger partial charge in [-0.3, -0.25) is 0 Å². The Morgan fingerprint density at radius 1 is 1.26 bits per heavy atom. The van der Waals surface area contributed by atoms with Gasteiger partial charge in [-0.15, -0.1) is 0 Å². The van der Waals surface area contributed by atoms with Crippen molar-refractivity contribution in [2.24, 2.45) is 0 Å². The average Bonchev–Trinajstić information content (AvgIpc) is 2.67. The Morgan fingerprint density at radius 2 is 2.00 bits per heavy atom. The zero-order valence-electron chi connectivity index (χ0n) is 11.0. The Labute approximate surface area is 110 Å². The van der Waals surface area contributed by atoms with Crippen LogP contribution in [0.1, 0.15) is 19.4 Å². The van der Waals surface area contributed by atoms with Gasteiger partial charge in [0.1, 0.15) is 0 Å². The van der Waals surface area contributed by atoms with Crippen molar-refractivity contribution in [1.29, 1.82) is 0 Å². The van der Waals surface area contributed by atoms with E-state index in [0.29, 0.717) is 13.0 Å². The first-order chi connectivity index (χ1) is 9.04. The first-order valence-electron chi connectivity index (χ1n) is 6.30. The SMILES string of the molecule is CC(C)NC(=O)NCCc1ccc2[nH]c(=O)[nH]c2c1. The van der Waals surface area contributed by atoms with E-state index in [4.69, 9.17) is 0 Å². The van der Waals surface area contributed by atoms with Gasteiger partial charge in [-0.1, -0.05) is 6.07 Å². The summed E-state index contributed by atoms with van der Waals surface area (Å²) in [5.74, 6) is 0. The molecule has 0 aliphatic rings. The third-order valence-electron chi connectivity index (χ3n) is 2.70. The molecule has 0 spiro atoms. The number of carbonyl (C=O) groups is 1. The molecule has 0 bridgehead atoms. The maximum absolute atomic E-state index is 11.4. The minimum Gasteiger partial charge on any atom is -0.338 e. The normalized spacial score (nSPS) is 10.9. The molecular formula is C13H18N4O2. The Kier molecular flexibility index (Phi) is 3.89. The molecule has 0 saturated heterocycles. The van der Waals surface area contributed by atoms with Crippen LogP contribution in [-0.4, -0.2) is 28.6 Å². The van der Waals surface area contributed by atoms with Crippen molar-refractivity contribution in [3.05, 3.63) is 34.2 Å². The van der Waals surface area contributed by atoms with Crippen molar-refractivity contribution < 1.29 is 4.79 Å². The zero-order chi connectivity index (χ0) is 13.8. The average molecular weight is 262 g/mol. The van der Waals surface area contributed by atoms with E-state index < -0.39 is 0 Å². The molecule has 0 aliphatic carbocycles. The van der Waals surface area contributed by atoms with Gasteiger partial charge in [-0.25, -0.2) is 9.59 Å². The van der Waals surface area contributed by atoms with Crippen LogP contribution in [0.3, 0.4) is 0 Å². The minimum absolute atomic E-state index is 0.126. The second kappa shape index (κ2) is 5.60. The van der Waals surface area contributed by atoms with E-state index in [0.717, 1.165) is 16.6 Å². The van der Waals surface area contributed by atoms with Gasteiger partial charge in [0.25, 0.3) is 0 Å². The quantitative estimate of drug-likeness (QED) is 0.665. The molecule has 0 radical (unpaired) electrons. The third-order valence-corrected chi connectivity index (χ3v) is 2.70. The van der Waals surface area contributed by atoms with E-state index in [2.05, 4.69) is 20.6 Å². The third kappa shape index (κ3) is 3.61. The highest BCUT2D eigenvalue weighted by Gasteiger charge is 2.03. The van der Waals surface area contributed by atoms with E-state index in [1.165, 1.54) is 0 Å². The molecule has 1 aromatic heterocycles. The standard InChI is InChI=1S/C13H18N4O2/c1-8(2)15-12(18)14-6-5-9-3-4-10-11(7-9)17-13(19)16-10/h3-4,7-8H,5-6H2,1-2H3,(H2,14,15,18)(H2,16,17,19). The highest BCUT2D eigenvalue weighted by atomic mass is 16.2. The van der Waals surface area contributed by atoms with Gasteiger partial charge in [-0.05, 0) is 38.0 Å². The second-order valence-corrected chi connectivity index (χ2v) is 4.76. The number of H-pyrrole nitrogens is 2. The number of aromatic nitrogens is 2. The van der Waals surface area contributed by atoms with Crippen LogP contribution in [0.4, 0.5) is 4.79 Å². The lowest BCUT2D eigenvalue weighted by Crippen LogP contribution is -2.40. The van der Waals surface area contributed by atoms with E-state index in [-0.39, 0.29) is 17.8 Å². The maximum Gasteiger partial charge on any atom is 0.323 e. The fraction of sp³-hybridized carbons (Fsp3) is 0.385. The summed E-state index contributed by atoms with van der Waals surface area (Å²) in [5, 5.41) is 5.55. The van der Waals surface area contributed by atoms with Crippen LogP contribution in [0.15, 0.2) is 23.0 Å². The summed E-state index contributed by atoms with van der Waals surface area (Å²) < 4.78 is 0. The van der Waals surface area contributed by atoms with E-state index in [1.54, 1.807) is 0 Å². The highest BCUT2D eigenvalue weighted by molar-refractivity contribution is 5.75. The largest absolute Gasteiger partial charge is 0.338 e. The topological polar surface area (TPSA) is 89.8 Å². The molecule has 2 rings (SSSR count). The lowest BCUT2D eigenvalue weighted by molar-refractivity contribution is 0.238. The number of aromatic amines is 2. The molecule has 6 heteroatoms. The molecule has 102 valence electrons. The van der Waals surface area contributed by atoms with Gasteiger partial charge in [0.2, 0.25) is 0 Å². The predicted molar refractivity (Wildman–Crippen MR) is 74.3 cm³/mol. The predicted octanol–water partition coefficient (Wildman–Crippen LogP) is 1.11. The molecule has 1 heterocycles. The number of nitrogens with one attached hydrogen (secondary N) is 4. The Bertz CT molecular complexity index is 627. The number of rotatable bonds is 4. The Morgan fingerprint density at radius 3 is 2.74 bits per heavy atom. The van der Waals surface area contributed by atoms with Gasteiger partial charge in [-0.2, -0.15) is 0 Å². The fourth-order valence-electron chi connectivity index (χ4n) is 1.87. The summed E-state index contributed by atoms with van der Waals surface area (Å²) in [7, 11) is 0. The summed E-state index contributed by atoms with van der Waals surface area (Å²) in [6.45, 7) is 4.38. The fourth-order valence-corrected chi connectivity index (χ4v) is 1.87. The van der Waals surface area contributed by atoms with E-state index >= 15 is 0 Å². The van der Waals surface area contributed by atoms with Gasteiger partial charge in [0.15, 0.2) is 0 Å². The first-order valence-corrected chi connectivity index (χ1v) is 6.30. The monoisotopic (exact) mass is 262 g/mol. The van der Waals surface area contributed by atoms with Crippen LogP contribution < -0.4 is 16.3 Å². The lowest BCUT2D eigenvalue weighted by Gasteiger charge is -2.09. The number of urea groups is 1. The summed E-state index contributed by atoms with van der Waals surface area (Å²) in [6, 6.07) is 5.67. The summed E-state index contributed by atoms with van der Waals surface area (Å²) in [5.41, 5.74) is 2.43. The second-order valence-electron chi connectivity index (χ2n) is 4.76. The van der Waals surface area contributed by atoms with Crippen LogP contribution in [0.5, 0.6) is 0 Å². The van der Waals surface area contributed by atoms with Gasteiger partial charge in [0.05, 0.1) is 11.0 Å². The number of benzene rings is 1. The molecule has 0 atom stereocenters. The molecule has 2 amide bonds. The van der Waals surface area contributed by atoms with Gasteiger partial charge >= 0.3 is 11.7 Å². The van der Waals surface area contributed by atoms with Crippen molar-refractivity contribution in [2.45, 2.75) is 26.3 Å². The summed E-state index contributed by atoms with van der Waals surface area (Å²) in [4.78, 5) is 27.9. The molecule has 2 aromatic rings. The molecule has 19 heavy (non-hydrogen) atoms. The Balaban J connectivity index is 1.91. The number of fused-ring (bicyclic) bond motifs is 1. The number of hydrogen-bond acceptors (Lipinski definition) is 2. The first kappa shape index (κ1) is 13.2. The molecule has 0 aliphatic heterocycles. The van der Waals surface area contributed by atoms with Crippen LogP contribution in [0.25, 0.3) is 11.0 Å². The van der Waals surface area contributed by atoms with Crippen LogP contribution in [0.2, 0.25) is 0 Å². The van der Waals surface area contributed by atoms with Crippen molar-refractivity contribution in [1.82, 2.24) is 20.6 Å². The van der Waals surface area contributed by atoms with Crippen molar-refractivity contribution >= 4 is 17.1 Å². The Hall–Kier alpha value is -2.24.